The number of aromatic nitrogens is 2. The molecule has 1 amide bonds. The molecule has 2 atom stereocenters. The fourth-order valence-corrected chi connectivity index (χ4v) is 3.14. The predicted molar refractivity (Wildman–Crippen MR) is 80.2 cm³/mol. The molecule has 3 rings (SSSR count). The van der Waals surface area contributed by atoms with E-state index in [0.717, 1.165) is 44.3 Å². The van der Waals surface area contributed by atoms with Gasteiger partial charge >= 0.3 is 0 Å². The van der Waals surface area contributed by atoms with Crippen LogP contribution in [0.2, 0.25) is 0 Å². The van der Waals surface area contributed by atoms with E-state index in [9.17, 15) is 9.90 Å². The second kappa shape index (κ2) is 6.77. The van der Waals surface area contributed by atoms with Crippen molar-refractivity contribution in [2.45, 2.75) is 63.4 Å². The third kappa shape index (κ3) is 3.85. The number of aliphatic hydroxyl groups is 1. The zero-order chi connectivity index (χ0) is 15.5. The van der Waals surface area contributed by atoms with Gasteiger partial charge in [0, 0.05) is 38.3 Å². The predicted octanol–water partition coefficient (Wildman–Crippen LogP) is 1.89. The van der Waals surface area contributed by atoms with Gasteiger partial charge in [-0.2, -0.15) is 4.98 Å². The van der Waals surface area contributed by atoms with Gasteiger partial charge in [-0.05, 0) is 25.7 Å². The molecular weight excluding hydrogens is 282 g/mol. The van der Waals surface area contributed by atoms with Crippen LogP contribution in [0, 0.1) is 5.92 Å². The van der Waals surface area contributed by atoms with Crippen molar-refractivity contribution in [1.82, 2.24) is 15.0 Å². The minimum Gasteiger partial charge on any atom is -0.393 e. The number of nitrogens with zero attached hydrogens (tertiary/aromatic N) is 3. The zero-order valence-electron chi connectivity index (χ0n) is 13.2. The first-order chi connectivity index (χ1) is 10.6. The van der Waals surface area contributed by atoms with Crippen molar-refractivity contribution >= 4 is 5.91 Å². The summed E-state index contributed by atoms with van der Waals surface area (Å²) in [7, 11) is 1.81. The van der Waals surface area contributed by atoms with Gasteiger partial charge in [0.1, 0.15) is 0 Å². The molecule has 6 heteroatoms. The van der Waals surface area contributed by atoms with Crippen LogP contribution >= 0.6 is 0 Å². The molecule has 1 aromatic rings. The minimum absolute atomic E-state index is 0.0731. The highest BCUT2D eigenvalue weighted by atomic mass is 16.5. The van der Waals surface area contributed by atoms with Gasteiger partial charge in [-0.3, -0.25) is 4.79 Å². The van der Waals surface area contributed by atoms with Crippen LogP contribution in [0.1, 0.15) is 62.6 Å². The van der Waals surface area contributed by atoms with E-state index >= 15 is 0 Å². The van der Waals surface area contributed by atoms with Crippen LogP contribution in [0.3, 0.4) is 0 Å². The minimum atomic E-state index is -0.263. The third-order valence-corrected chi connectivity index (χ3v) is 4.78. The van der Waals surface area contributed by atoms with E-state index in [1.807, 2.05) is 7.05 Å². The Morgan fingerprint density at radius 3 is 2.82 bits per heavy atom. The lowest BCUT2D eigenvalue weighted by Crippen LogP contribution is -2.38. The second-order valence-corrected chi connectivity index (χ2v) is 6.71. The largest absolute Gasteiger partial charge is 0.393 e. The summed E-state index contributed by atoms with van der Waals surface area (Å²) in [5.74, 6) is 2.11. The standard InChI is InChI=1S/C16H25N3O3/c1-19(10-12-4-2-3-5-13(12)20)15(21)9-8-14-17-16(18-22-14)11-6-7-11/h11-13,20H,2-10H2,1H3. The van der Waals surface area contributed by atoms with Crippen LogP contribution in [0.15, 0.2) is 4.52 Å². The van der Waals surface area contributed by atoms with Gasteiger partial charge in [0.2, 0.25) is 11.8 Å². The normalized spacial score (nSPS) is 25.2. The molecule has 2 aliphatic carbocycles. The summed E-state index contributed by atoms with van der Waals surface area (Å²) in [4.78, 5) is 18.3. The van der Waals surface area contributed by atoms with E-state index in [2.05, 4.69) is 10.1 Å². The second-order valence-electron chi connectivity index (χ2n) is 6.71. The van der Waals surface area contributed by atoms with Crippen LogP contribution < -0.4 is 0 Å². The van der Waals surface area contributed by atoms with E-state index in [4.69, 9.17) is 4.52 Å². The molecule has 0 aliphatic heterocycles. The Morgan fingerprint density at radius 1 is 1.32 bits per heavy atom. The molecule has 122 valence electrons. The van der Waals surface area contributed by atoms with Gasteiger partial charge < -0.3 is 14.5 Å². The molecule has 1 aromatic heterocycles. The summed E-state index contributed by atoms with van der Waals surface area (Å²) in [6, 6.07) is 0. The molecule has 2 saturated carbocycles. The average Bonchev–Trinajstić information content (AvgIpc) is 3.26. The topological polar surface area (TPSA) is 79.5 Å². The molecule has 0 spiro atoms. The summed E-state index contributed by atoms with van der Waals surface area (Å²) < 4.78 is 5.19. The Kier molecular flexibility index (Phi) is 4.76. The molecule has 0 aromatic carbocycles. The quantitative estimate of drug-likeness (QED) is 0.868. The summed E-state index contributed by atoms with van der Waals surface area (Å²) in [6.45, 7) is 0.636. The van der Waals surface area contributed by atoms with Gasteiger partial charge in [-0.15, -0.1) is 0 Å². The highest BCUT2D eigenvalue weighted by Gasteiger charge is 2.29. The van der Waals surface area contributed by atoms with Crippen molar-refractivity contribution in [1.29, 1.82) is 0 Å². The summed E-state index contributed by atoms with van der Waals surface area (Å²) >= 11 is 0. The Hall–Kier alpha value is -1.43. The molecule has 0 bridgehead atoms. The highest BCUT2D eigenvalue weighted by molar-refractivity contribution is 5.76. The molecule has 6 nitrogen and oxygen atoms in total. The fraction of sp³-hybridized carbons (Fsp3) is 0.812. The first-order valence-electron chi connectivity index (χ1n) is 8.38. The Labute approximate surface area is 130 Å². The highest BCUT2D eigenvalue weighted by Crippen LogP contribution is 2.38. The molecule has 1 heterocycles. The number of hydrogen-bond donors (Lipinski definition) is 1. The molecular formula is C16H25N3O3. The van der Waals surface area contributed by atoms with Crippen LogP contribution in [-0.4, -0.2) is 45.8 Å². The summed E-state index contributed by atoms with van der Waals surface area (Å²) in [6.07, 6.45) is 7.01. The maximum Gasteiger partial charge on any atom is 0.227 e. The van der Waals surface area contributed by atoms with Crippen molar-refractivity contribution < 1.29 is 14.4 Å². The van der Waals surface area contributed by atoms with Crippen LogP contribution in [0.4, 0.5) is 0 Å². The lowest BCUT2D eigenvalue weighted by Gasteiger charge is -2.31. The van der Waals surface area contributed by atoms with E-state index in [-0.39, 0.29) is 17.9 Å². The van der Waals surface area contributed by atoms with Gasteiger partial charge in [-0.1, -0.05) is 18.0 Å². The number of aryl methyl sites for hydroxylation is 1. The van der Waals surface area contributed by atoms with E-state index in [1.54, 1.807) is 4.90 Å². The number of carbonyl (C=O) groups excluding carboxylic acids is 1. The average molecular weight is 307 g/mol. The van der Waals surface area contributed by atoms with E-state index < -0.39 is 0 Å². The number of amides is 1. The number of carbonyl (C=O) groups is 1. The molecule has 2 unspecified atom stereocenters. The van der Waals surface area contributed by atoms with E-state index in [1.165, 1.54) is 0 Å². The lowest BCUT2D eigenvalue weighted by molar-refractivity contribution is -0.131. The monoisotopic (exact) mass is 307 g/mol. The number of hydrogen-bond acceptors (Lipinski definition) is 5. The maximum absolute atomic E-state index is 12.2. The number of rotatable bonds is 6. The zero-order valence-corrected chi connectivity index (χ0v) is 13.2. The van der Waals surface area contributed by atoms with Gasteiger partial charge in [0.05, 0.1) is 6.10 Å². The van der Waals surface area contributed by atoms with Crippen molar-refractivity contribution in [2.75, 3.05) is 13.6 Å². The Bertz CT molecular complexity index is 512. The maximum atomic E-state index is 12.2. The first-order valence-corrected chi connectivity index (χ1v) is 8.38. The van der Waals surface area contributed by atoms with Crippen LogP contribution in [0.5, 0.6) is 0 Å². The van der Waals surface area contributed by atoms with E-state index in [0.29, 0.717) is 31.2 Å². The molecule has 2 aliphatic rings. The van der Waals surface area contributed by atoms with Crippen molar-refractivity contribution in [3.8, 4) is 0 Å². The van der Waals surface area contributed by atoms with Crippen molar-refractivity contribution in [3.63, 3.8) is 0 Å². The van der Waals surface area contributed by atoms with Gasteiger partial charge in [0.25, 0.3) is 0 Å². The SMILES string of the molecule is CN(CC1CCCCC1O)C(=O)CCc1nc(C2CC2)no1. The molecule has 0 radical (unpaired) electrons. The first kappa shape index (κ1) is 15.5. The number of aliphatic hydroxyl groups excluding tert-OH is 1. The Balaban J connectivity index is 1.43. The molecule has 0 saturated heterocycles. The molecule has 22 heavy (non-hydrogen) atoms. The molecule has 1 N–H and O–H groups in total. The lowest BCUT2D eigenvalue weighted by atomic mass is 9.86. The third-order valence-electron chi connectivity index (χ3n) is 4.78. The van der Waals surface area contributed by atoms with Gasteiger partial charge in [-0.25, -0.2) is 0 Å². The van der Waals surface area contributed by atoms with Crippen molar-refractivity contribution in [3.05, 3.63) is 11.7 Å². The Morgan fingerprint density at radius 2 is 2.09 bits per heavy atom. The van der Waals surface area contributed by atoms with Crippen LogP contribution in [-0.2, 0) is 11.2 Å². The smallest absolute Gasteiger partial charge is 0.227 e. The van der Waals surface area contributed by atoms with Gasteiger partial charge in [0.15, 0.2) is 5.82 Å². The van der Waals surface area contributed by atoms with Crippen molar-refractivity contribution in [2.24, 2.45) is 5.92 Å². The van der Waals surface area contributed by atoms with Crippen LogP contribution in [0.25, 0.3) is 0 Å². The summed E-state index contributed by atoms with van der Waals surface area (Å²) in [5.41, 5.74) is 0. The molecule has 2 fully saturated rings. The summed E-state index contributed by atoms with van der Waals surface area (Å²) in [5, 5.41) is 14.0. The fourth-order valence-electron chi connectivity index (χ4n) is 3.14.